The van der Waals surface area contributed by atoms with Crippen LogP contribution in [-0.4, -0.2) is 38.4 Å². The van der Waals surface area contributed by atoms with Crippen LogP contribution in [0.5, 0.6) is 0 Å². The van der Waals surface area contributed by atoms with E-state index in [4.69, 9.17) is 11.6 Å². The van der Waals surface area contributed by atoms with Crippen LogP contribution >= 0.6 is 23.4 Å². The monoisotopic (exact) mass is 404 g/mol. The first-order chi connectivity index (χ1) is 13.0. The van der Waals surface area contributed by atoms with E-state index >= 15 is 0 Å². The van der Waals surface area contributed by atoms with Crippen molar-refractivity contribution in [1.82, 2.24) is 19.7 Å². The third kappa shape index (κ3) is 4.48. The van der Waals surface area contributed by atoms with Crippen LogP contribution in [0.1, 0.15) is 5.56 Å². The summed E-state index contributed by atoms with van der Waals surface area (Å²) in [6.45, 7) is 0.110. The van der Waals surface area contributed by atoms with Crippen molar-refractivity contribution >= 4 is 29.3 Å². The van der Waals surface area contributed by atoms with Crippen LogP contribution in [-0.2, 0) is 18.4 Å². The molecule has 2 aromatic carbocycles. The number of aromatic nitrogens is 3. The molecule has 0 bridgehead atoms. The van der Waals surface area contributed by atoms with Gasteiger partial charge >= 0.3 is 0 Å². The summed E-state index contributed by atoms with van der Waals surface area (Å²) in [5.74, 6) is 0.333. The molecule has 0 spiro atoms. The molecule has 3 rings (SSSR count). The second-order valence-electron chi connectivity index (χ2n) is 5.97. The zero-order valence-corrected chi connectivity index (χ0v) is 16.5. The number of thioether (sulfide) groups is 1. The van der Waals surface area contributed by atoms with E-state index in [-0.39, 0.29) is 18.2 Å². The van der Waals surface area contributed by atoms with Gasteiger partial charge in [-0.25, -0.2) is 4.39 Å². The van der Waals surface area contributed by atoms with Crippen molar-refractivity contribution in [1.29, 1.82) is 0 Å². The predicted octanol–water partition coefficient (Wildman–Crippen LogP) is 4.03. The van der Waals surface area contributed by atoms with Crippen molar-refractivity contribution in [2.24, 2.45) is 7.05 Å². The molecule has 5 nitrogen and oxygen atoms in total. The molecule has 3 aromatic rings. The van der Waals surface area contributed by atoms with Gasteiger partial charge in [0.05, 0.1) is 5.75 Å². The molecule has 140 valence electrons. The average molecular weight is 405 g/mol. The number of carbonyl (C=O) groups excluding carboxylic acids is 1. The van der Waals surface area contributed by atoms with Crippen LogP contribution in [0.25, 0.3) is 11.4 Å². The molecule has 0 aliphatic carbocycles. The van der Waals surface area contributed by atoms with Gasteiger partial charge in [-0.1, -0.05) is 59.8 Å². The Morgan fingerprint density at radius 2 is 1.93 bits per heavy atom. The summed E-state index contributed by atoms with van der Waals surface area (Å²) in [7, 11) is 3.48. The number of amides is 1. The summed E-state index contributed by atoms with van der Waals surface area (Å²) in [5, 5.41) is 9.31. The van der Waals surface area contributed by atoms with Gasteiger partial charge < -0.3 is 9.47 Å². The second kappa shape index (κ2) is 8.54. The lowest BCUT2D eigenvalue weighted by molar-refractivity contribution is -0.127. The van der Waals surface area contributed by atoms with Crippen molar-refractivity contribution in [2.45, 2.75) is 11.7 Å². The highest BCUT2D eigenvalue weighted by molar-refractivity contribution is 7.99. The van der Waals surface area contributed by atoms with Crippen LogP contribution in [0.3, 0.4) is 0 Å². The molecule has 0 fully saturated rings. The van der Waals surface area contributed by atoms with E-state index in [2.05, 4.69) is 10.2 Å². The fraction of sp³-hybridized carbons (Fsp3) is 0.211. The number of hydrogen-bond donors (Lipinski definition) is 0. The molecule has 0 unspecified atom stereocenters. The summed E-state index contributed by atoms with van der Waals surface area (Å²) >= 11 is 7.32. The first kappa shape index (κ1) is 19.4. The third-order valence-electron chi connectivity index (χ3n) is 4.07. The maximum absolute atomic E-state index is 13.9. The molecule has 0 aliphatic rings. The van der Waals surface area contributed by atoms with Crippen molar-refractivity contribution in [3.05, 3.63) is 64.9 Å². The zero-order valence-electron chi connectivity index (χ0n) is 14.9. The number of benzene rings is 2. The van der Waals surface area contributed by atoms with E-state index in [1.807, 2.05) is 41.9 Å². The SMILES string of the molecule is CN(Cc1c(F)cccc1Cl)C(=O)CSc1nnc(-c2ccccc2)n1C. The van der Waals surface area contributed by atoms with Crippen LogP contribution < -0.4 is 0 Å². The minimum absolute atomic E-state index is 0.110. The Bertz CT molecular complexity index is 928. The molecule has 0 aliphatic heterocycles. The molecule has 0 atom stereocenters. The Morgan fingerprint density at radius 1 is 1.19 bits per heavy atom. The van der Waals surface area contributed by atoms with Gasteiger partial charge in [0.15, 0.2) is 11.0 Å². The Labute approximate surface area is 166 Å². The lowest BCUT2D eigenvalue weighted by atomic mass is 10.2. The smallest absolute Gasteiger partial charge is 0.233 e. The lowest BCUT2D eigenvalue weighted by Crippen LogP contribution is -2.28. The van der Waals surface area contributed by atoms with Gasteiger partial charge in [-0.15, -0.1) is 10.2 Å². The molecule has 1 heterocycles. The summed E-state index contributed by atoms with van der Waals surface area (Å²) in [4.78, 5) is 13.9. The van der Waals surface area contributed by atoms with Crippen molar-refractivity contribution in [3.8, 4) is 11.4 Å². The Balaban J connectivity index is 1.63. The van der Waals surface area contributed by atoms with Gasteiger partial charge in [0, 0.05) is 36.8 Å². The van der Waals surface area contributed by atoms with E-state index in [1.165, 1.54) is 28.8 Å². The van der Waals surface area contributed by atoms with Crippen LogP contribution in [0.15, 0.2) is 53.7 Å². The number of carbonyl (C=O) groups is 1. The predicted molar refractivity (Wildman–Crippen MR) is 105 cm³/mol. The molecular formula is C19H18ClFN4OS. The number of halogens is 2. The lowest BCUT2D eigenvalue weighted by Gasteiger charge is -2.18. The fourth-order valence-electron chi connectivity index (χ4n) is 2.52. The average Bonchev–Trinajstić information content (AvgIpc) is 3.04. The second-order valence-corrected chi connectivity index (χ2v) is 7.32. The molecule has 0 saturated heterocycles. The normalized spacial score (nSPS) is 10.8. The summed E-state index contributed by atoms with van der Waals surface area (Å²) in [6.07, 6.45) is 0. The first-order valence-corrected chi connectivity index (χ1v) is 9.58. The first-order valence-electron chi connectivity index (χ1n) is 8.22. The number of hydrogen-bond acceptors (Lipinski definition) is 4. The van der Waals surface area contributed by atoms with E-state index < -0.39 is 5.82 Å². The minimum atomic E-state index is -0.421. The topological polar surface area (TPSA) is 51.0 Å². The fourth-order valence-corrected chi connectivity index (χ4v) is 3.60. The maximum Gasteiger partial charge on any atom is 0.233 e. The number of nitrogens with zero attached hydrogens (tertiary/aromatic N) is 4. The molecule has 27 heavy (non-hydrogen) atoms. The molecule has 1 amide bonds. The van der Waals surface area contributed by atoms with Gasteiger partial charge in [0.1, 0.15) is 5.82 Å². The highest BCUT2D eigenvalue weighted by atomic mass is 35.5. The number of rotatable bonds is 6. The largest absolute Gasteiger partial charge is 0.341 e. The van der Waals surface area contributed by atoms with E-state index in [1.54, 1.807) is 13.1 Å². The molecule has 0 N–H and O–H groups in total. The summed E-state index contributed by atoms with van der Waals surface area (Å²) < 4.78 is 15.7. The Hall–Kier alpha value is -2.38. The third-order valence-corrected chi connectivity index (χ3v) is 5.43. The van der Waals surface area contributed by atoms with Crippen molar-refractivity contribution < 1.29 is 9.18 Å². The van der Waals surface area contributed by atoms with Crippen LogP contribution in [0, 0.1) is 5.82 Å². The van der Waals surface area contributed by atoms with Gasteiger partial charge in [0.25, 0.3) is 0 Å². The van der Waals surface area contributed by atoms with E-state index in [0.29, 0.717) is 15.7 Å². The van der Waals surface area contributed by atoms with Gasteiger partial charge in [0.2, 0.25) is 5.91 Å². The van der Waals surface area contributed by atoms with E-state index in [9.17, 15) is 9.18 Å². The summed E-state index contributed by atoms with van der Waals surface area (Å²) in [5.41, 5.74) is 1.27. The van der Waals surface area contributed by atoms with Crippen LogP contribution in [0.2, 0.25) is 5.02 Å². The Kier molecular flexibility index (Phi) is 6.13. The quantitative estimate of drug-likeness (QED) is 0.582. The maximum atomic E-state index is 13.9. The Morgan fingerprint density at radius 3 is 2.63 bits per heavy atom. The molecule has 1 aromatic heterocycles. The van der Waals surface area contributed by atoms with Crippen LogP contribution in [0.4, 0.5) is 4.39 Å². The van der Waals surface area contributed by atoms with Gasteiger partial charge in [-0.2, -0.15) is 0 Å². The van der Waals surface area contributed by atoms with E-state index in [0.717, 1.165) is 11.4 Å². The zero-order chi connectivity index (χ0) is 19.4. The standard InChI is InChI=1S/C19H18ClFN4OS/c1-24(11-14-15(20)9-6-10-16(14)21)17(26)12-27-19-23-22-18(25(19)2)13-7-4-3-5-8-13/h3-10H,11-12H2,1-2H3. The molecular weight excluding hydrogens is 387 g/mol. The highest BCUT2D eigenvalue weighted by Gasteiger charge is 2.17. The van der Waals surface area contributed by atoms with Gasteiger partial charge in [-0.05, 0) is 12.1 Å². The molecule has 0 saturated carbocycles. The summed E-state index contributed by atoms with van der Waals surface area (Å²) in [6, 6.07) is 14.2. The minimum Gasteiger partial charge on any atom is -0.341 e. The van der Waals surface area contributed by atoms with Crippen molar-refractivity contribution in [3.63, 3.8) is 0 Å². The molecule has 0 radical (unpaired) electrons. The molecule has 8 heteroatoms. The highest BCUT2D eigenvalue weighted by Crippen LogP contribution is 2.24. The van der Waals surface area contributed by atoms with Crippen molar-refractivity contribution in [2.75, 3.05) is 12.8 Å². The van der Waals surface area contributed by atoms with Gasteiger partial charge in [-0.3, -0.25) is 4.79 Å².